The molecule has 0 N–H and O–H groups in total. The van der Waals surface area contributed by atoms with E-state index in [1.165, 1.54) is 25.3 Å². The Hall–Kier alpha value is -0.510. The van der Waals surface area contributed by atoms with Gasteiger partial charge < -0.3 is 4.74 Å². The van der Waals surface area contributed by atoms with Crippen molar-refractivity contribution in [2.75, 3.05) is 7.11 Å². The minimum absolute atomic E-state index is 0.0462. The van der Waals surface area contributed by atoms with E-state index in [0.29, 0.717) is 0 Å². The topological polar surface area (TPSA) is 38.7 Å². The van der Waals surface area contributed by atoms with Crippen molar-refractivity contribution in [3.8, 4) is 0 Å². The lowest BCUT2D eigenvalue weighted by Crippen LogP contribution is -2.06. The van der Waals surface area contributed by atoms with Gasteiger partial charge in [0.15, 0.2) is 0 Å². The maximum Gasteiger partial charge on any atom is 0.349 e. The van der Waals surface area contributed by atoms with Crippen molar-refractivity contribution in [1.29, 1.82) is 0 Å². The molecule has 4 heteroatoms. The summed E-state index contributed by atoms with van der Waals surface area (Å²) in [4.78, 5) is 10.5. The number of carbonyl (C=O) groups excluding carboxylic acids is 1. The maximum absolute atomic E-state index is 10.5. The summed E-state index contributed by atoms with van der Waals surface area (Å²) < 4.78 is 8.24. The van der Waals surface area contributed by atoms with E-state index in [2.05, 4.69) is 9.13 Å². The molecule has 0 bridgehead atoms. The average molecular weight is 175 g/mol. The lowest BCUT2D eigenvalue weighted by molar-refractivity contribution is -0.132. The van der Waals surface area contributed by atoms with Crippen LogP contribution >= 0.6 is 11.9 Å². The highest BCUT2D eigenvalue weighted by Gasteiger charge is 2.09. The van der Waals surface area contributed by atoms with Crippen LogP contribution in [0.25, 0.3) is 0 Å². The molecule has 11 heavy (non-hydrogen) atoms. The number of nitrogens with zero attached hydrogens (tertiary/aromatic N) is 1. The largest absolute Gasteiger partial charge is 0.465 e. The van der Waals surface area contributed by atoms with Crippen molar-refractivity contribution in [2.24, 2.45) is 4.40 Å². The number of ether oxygens (including phenoxy) is 1. The average Bonchev–Trinajstić information content (AvgIpc) is 1.85. The van der Waals surface area contributed by atoms with Gasteiger partial charge in [-0.25, -0.2) is 9.19 Å². The Kier molecular flexibility index (Phi) is 4.18. The fraction of sp³-hybridized carbons (Fsp3) is 0.714. The Balaban J connectivity index is 3.70. The van der Waals surface area contributed by atoms with E-state index in [0.717, 1.165) is 0 Å². The van der Waals surface area contributed by atoms with E-state index >= 15 is 0 Å². The van der Waals surface area contributed by atoms with E-state index in [1.807, 2.05) is 20.8 Å². The zero-order valence-electron chi connectivity index (χ0n) is 7.25. The van der Waals surface area contributed by atoms with Crippen LogP contribution in [0.4, 0.5) is 0 Å². The number of methoxy groups -OCH3 is 1. The third kappa shape index (κ3) is 7.39. The van der Waals surface area contributed by atoms with Crippen molar-refractivity contribution >= 4 is 24.1 Å². The first kappa shape index (κ1) is 10.5. The first-order valence-electron chi connectivity index (χ1n) is 3.25. The number of hydrogen-bond donors (Lipinski definition) is 0. The molecule has 0 heterocycles. The summed E-state index contributed by atoms with van der Waals surface area (Å²) in [5.74, 6) is -0.415. The molecule has 0 aromatic rings. The maximum atomic E-state index is 10.5. The standard InChI is InChI=1S/C7H13NO2S/c1-7(2,3)11-8-5-6(9)10-4/h5H,1-4H3/b8-5+. The Morgan fingerprint density at radius 2 is 2.09 bits per heavy atom. The Morgan fingerprint density at radius 3 is 2.45 bits per heavy atom. The van der Waals surface area contributed by atoms with Crippen LogP contribution in [0.3, 0.4) is 0 Å². The lowest BCUT2D eigenvalue weighted by atomic mass is 10.3. The summed E-state index contributed by atoms with van der Waals surface area (Å²) in [5, 5.41) is 0. The molecule has 64 valence electrons. The quantitative estimate of drug-likeness (QED) is 0.364. The molecule has 0 aliphatic rings. The second kappa shape index (κ2) is 4.38. The van der Waals surface area contributed by atoms with E-state index in [9.17, 15) is 4.79 Å². The molecule has 0 aromatic heterocycles. The van der Waals surface area contributed by atoms with Crippen LogP contribution in [0.15, 0.2) is 4.40 Å². The van der Waals surface area contributed by atoms with Crippen LogP contribution in [0.2, 0.25) is 0 Å². The van der Waals surface area contributed by atoms with Crippen LogP contribution in [-0.4, -0.2) is 24.0 Å². The molecule has 0 amide bonds. The Morgan fingerprint density at radius 1 is 1.55 bits per heavy atom. The van der Waals surface area contributed by atoms with E-state index < -0.39 is 5.97 Å². The first-order valence-corrected chi connectivity index (χ1v) is 4.02. The molecule has 3 nitrogen and oxygen atoms in total. The normalized spacial score (nSPS) is 12.0. The zero-order chi connectivity index (χ0) is 8.91. The summed E-state index contributed by atoms with van der Waals surface area (Å²) in [6.07, 6.45) is 1.18. The molecule has 0 aliphatic carbocycles. The van der Waals surface area contributed by atoms with Crippen LogP contribution in [0.1, 0.15) is 20.8 Å². The van der Waals surface area contributed by atoms with Gasteiger partial charge in [0.2, 0.25) is 0 Å². The highest BCUT2D eigenvalue weighted by atomic mass is 32.2. The van der Waals surface area contributed by atoms with Gasteiger partial charge >= 0.3 is 5.97 Å². The number of carbonyl (C=O) groups is 1. The molecule has 0 unspecified atom stereocenters. The minimum Gasteiger partial charge on any atom is -0.465 e. The van der Waals surface area contributed by atoms with Crippen LogP contribution < -0.4 is 0 Å². The third-order valence-corrected chi connectivity index (χ3v) is 1.44. The van der Waals surface area contributed by atoms with Gasteiger partial charge in [0.1, 0.15) is 6.21 Å². The van der Waals surface area contributed by atoms with Crippen molar-refractivity contribution < 1.29 is 9.53 Å². The monoisotopic (exact) mass is 175 g/mol. The first-order chi connectivity index (χ1) is 4.95. The van der Waals surface area contributed by atoms with Crippen molar-refractivity contribution in [2.45, 2.75) is 25.5 Å². The fourth-order valence-corrected chi connectivity index (χ4v) is 0.735. The van der Waals surface area contributed by atoms with Gasteiger partial charge in [0.05, 0.1) is 7.11 Å². The number of rotatable bonds is 2. The molecule has 0 atom stereocenters. The molecular formula is C7H13NO2S. The van der Waals surface area contributed by atoms with Gasteiger partial charge in [-0.2, -0.15) is 0 Å². The zero-order valence-corrected chi connectivity index (χ0v) is 8.07. The van der Waals surface area contributed by atoms with E-state index in [-0.39, 0.29) is 4.75 Å². The highest BCUT2D eigenvalue weighted by molar-refractivity contribution is 7.99. The van der Waals surface area contributed by atoms with Gasteiger partial charge in [-0.15, -0.1) is 0 Å². The van der Waals surface area contributed by atoms with Gasteiger partial charge in [-0.05, 0) is 32.7 Å². The third-order valence-electron chi connectivity index (χ3n) is 0.686. The van der Waals surface area contributed by atoms with Crippen molar-refractivity contribution in [3.05, 3.63) is 0 Å². The Bertz CT molecular complexity index is 160. The molecule has 0 spiro atoms. The molecular weight excluding hydrogens is 162 g/mol. The molecule has 0 fully saturated rings. The SMILES string of the molecule is COC(=O)/C=N/SC(C)(C)C. The van der Waals surface area contributed by atoms with Gasteiger partial charge in [-0.1, -0.05) is 0 Å². The summed E-state index contributed by atoms with van der Waals surface area (Å²) in [7, 11) is 1.33. The second-order valence-electron chi connectivity index (χ2n) is 2.96. The van der Waals surface area contributed by atoms with E-state index in [1.54, 1.807) is 0 Å². The highest BCUT2D eigenvalue weighted by Crippen LogP contribution is 2.23. The number of hydrogen-bond acceptors (Lipinski definition) is 4. The summed E-state index contributed by atoms with van der Waals surface area (Å²) >= 11 is 1.35. The summed E-state index contributed by atoms with van der Waals surface area (Å²) in [5.41, 5.74) is 0. The van der Waals surface area contributed by atoms with Gasteiger partial charge in [-0.3, -0.25) is 0 Å². The van der Waals surface area contributed by atoms with Crippen molar-refractivity contribution in [3.63, 3.8) is 0 Å². The van der Waals surface area contributed by atoms with Gasteiger partial charge in [0.25, 0.3) is 0 Å². The molecule has 0 rings (SSSR count). The summed E-state index contributed by atoms with van der Waals surface area (Å²) in [6.45, 7) is 6.06. The van der Waals surface area contributed by atoms with E-state index in [4.69, 9.17) is 0 Å². The fourth-order valence-electron chi connectivity index (χ4n) is 0.280. The van der Waals surface area contributed by atoms with Crippen LogP contribution in [-0.2, 0) is 9.53 Å². The molecule has 0 radical (unpaired) electrons. The minimum atomic E-state index is -0.415. The summed E-state index contributed by atoms with van der Waals surface area (Å²) in [6, 6.07) is 0. The second-order valence-corrected chi connectivity index (χ2v) is 4.58. The van der Waals surface area contributed by atoms with Crippen LogP contribution in [0, 0.1) is 0 Å². The van der Waals surface area contributed by atoms with Gasteiger partial charge in [0, 0.05) is 4.75 Å². The van der Waals surface area contributed by atoms with Crippen LogP contribution in [0.5, 0.6) is 0 Å². The lowest BCUT2D eigenvalue weighted by Gasteiger charge is -2.11. The molecule has 0 saturated heterocycles. The Labute approximate surface area is 71.4 Å². The van der Waals surface area contributed by atoms with Crippen molar-refractivity contribution in [1.82, 2.24) is 0 Å². The predicted molar refractivity (Wildman–Crippen MR) is 47.9 cm³/mol. The smallest absolute Gasteiger partial charge is 0.349 e. The predicted octanol–water partition coefficient (Wildman–Crippen LogP) is 1.68. The molecule has 0 saturated carbocycles. The molecule has 0 aromatic carbocycles. The number of esters is 1. The molecule has 0 aliphatic heterocycles.